The van der Waals surface area contributed by atoms with E-state index >= 15 is 0 Å². The molecule has 0 aromatic heterocycles. The number of piperidine rings is 1. The summed E-state index contributed by atoms with van der Waals surface area (Å²) in [5.74, 6) is 1.01. The third kappa shape index (κ3) is 3.16. The molecule has 0 spiro atoms. The SMILES string of the molecule is [N-]=[N+]=NCCCC(=O)N1CCCC2CCCCC21. The zero-order chi connectivity index (χ0) is 12.8. The van der Waals surface area contributed by atoms with Gasteiger partial charge in [-0.2, -0.15) is 0 Å². The number of carbonyl (C=O) groups excluding carboxylic acids is 1. The van der Waals surface area contributed by atoms with Gasteiger partial charge < -0.3 is 4.90 Å². The Hall–Kier alpha value is -1.22. The standard InChI is InChI=1S/C13H22N4O/c14-16-15-9-3-8-13(18)17-10-4-6-11-5-1-2-7-12(11)17/h11-12H,1-10H2. The minimum Gasteiger partial charge on any atom is -0.339 e. The minimum absolute atomic E-state index is 0.264. The second-order valence-electron chi connectivity index (χ2n) is 5.40. The van der Waals surface area contributed by atoms with Gasteiger partial charge in [-0.15, -0.1) is 0 Å². The van der Waals surface area contributed by atoms with E-state index < -0.39 is 0 Å². The Balaban J connectivity index is 1.85. The van der Waals surface area contributed by atoms with Crippen LogP contribution in [-0.4, -0.2) is 29.9 Å². The highest BCUT2D eigenvalue weighted by Gasteiger charge is 2.35. The summed E-state index contributed by atoms with van der Waals surface area (Å²) in [7, 11) is 0. The molecule has 18 heavy (non-hydrogen) atoms. The van der Waals surface area contributed by atoms with Crippen molar-refractivity contribution < 1.29 is 4.79 Å². The zero-order valence-corrected chi connectivity index (χ0v) is 10.9. The van der Waals surface area contributed by atoms with Gasteiger partial charge >= 0.3 is 0 Å². The number of nitrogens with zero attached hydrogens (tertiary/aromatic N) is 4. The summed E-state index contributed by atoms with van der Waals surface area (Å²) >= 11 is 0. The molecule has 0 aromatic rings. The van der Waals surface area contributed by atoms with Gasteiger partial charge in [-0.1, -0.05) is 18.0 Å². The number of hydrogen-bond donors (Lipinski definition) is 0. The van der Waals surface area contributed by atoms with Gasteiger partial charge in [0, 0.05) is 30.5 Å². The van der Waals surface area contributed by atoms with Crippen molar-refractivity contribution in [1.29, 1.82) is 0 Å². The quantitative estimate of drug-likeness (QED) is 0.327. The van der Waals surface area contributed by atoms with Gasteiger partial charge in [-0.05, 0) is 43.6 Å². The molecule has 2 aliphatic rings. The Morgan fingerprint density at radius 1 is 1.28 bits per heavy atom. The Labute approximate surface area is 108 Å². The van der Waals surface area contributed by atoms with E-state index in [0.717, 1.165) is 18.9 Å². The normalized spacial score (nSPS) is 27.2. The van der Waals surface area contributed by atoms with Crippen molar-refractivity contribution in [1.82, 2.24) is 4.90 Å². The molecule has 1 saturated carbocycles. The van der Waals surface area contributed by atoms with Crippen molar-refractivity contribution in [2.75, 3.05) is 13.1 Å². The summed E-state index contributed by atoms with van der Waals surface area (Å²) in [5, 5.41) is 3.48. The van der Waals surface area contributed by atoms with Gasteiger partial charge in [0.05, 0.1) is 0 Å². The van der Waals surface area contributed by atoms with Crippen LogP contribution in [-0.2, 0) is 4.79 Å². The molecule has 0 aromatic carbocycles. The minimum atomic E-state index is 0.264. The summed E-state index contributed by atoms with van der Waals surface area (Å²) in [6.07, 6.45) is 8.75. The average Bonchev–Trinajstić information content (AvgIpc) is 2.43. The van der Waals surface area contributed by atoms with Gasteiger partial charge in [0.25, 0.3) is 0 Å². The van der Waals surface area contributed by atoms with Crippen molar-refractivity contribution in [2.24, 2.45) is 11.0 Å². The van der Waals surface area contributed by atoms with Crippen molar-refractivity contribution >= 4 is 5.91 Å². The molecule has 5 nitrogen and oxygen atoms in total. The van der Waals surface area contributed by atoms with Crippen LogP contribution >= 0.6 is 0 Å². The molecule has 1 saturated heterocycles. The van der Waals surface area contributed by atoms with Gasteiger partial charge in [0.15, 0.2) is 0 Å². The molecule has 2 unspecified atom stereocenters. The van der Waals surface area contributed by atoms with Crippen LogP contribution in [0.3, 0.4) is 0 Å². The topological polar surface area (TPSA) is 69.1 Å². The molecular formula is C13H22N4O. The molecule has 2 rings (SSSR count). The smallest absolute Gasteiger partial charge is 0.222 e. The number of carbonyl (C=O) groups is 1. The van der Waals surface area contributed by atoms with E-state index in [1.165, 1.54) is 32.1 Å². The molecule has 2 fully saturated rings. The molecule has 1 aliphatic carbocycles. The van der Waals surface area contributed by atoms with E-state index in [-0.39, 0.29) is 5.91 Å². The van der Waals surface area contributed by atoms with Gasteiger partial charge in [-0.25, -0.2) is 0 Å². The average molecular weight is 250 g/mol. The summed E-state index contributed by atoms with van der Waals surface area (Å²) < 4.78 is 0. The fourth-order valence-corrected chi connectivity index (χ4v) is 3.42. The van der Waals surface area contributed by atoms with Gasteiger partial charge in [-0.3, -0.25) is 4.79 Å². The van der Waals surface area contributed by atoms with E-state index in [4.69, 9.17) is 5.53 Å². The fraction of sp³-hybridized carbons (Fsp3) is 0.923. The lowest BCUT2D eigenvalue weighted by atomic mass is 9.78. The van der Waals surface area contributed by atoms with E-state index in [9.17, 15) is 4.79 Å². The zero-order valence-electron chi connectivity index (χ0n) is 10.9. The van der Waals surface area contributed by atoms with Crippen molar-refractivity contribution in [2.45, 2.75) is 57.4 Å². The Morgan fingerprint density at radius 2 is 2.06 bits per heavy atom. The van der Waals surface area contributed by atoms with E-state index in [2.05, 4.69) is 14.9 Å². The monoisotopic (exact) mass is 250 g/mol. The number of hydrogen-bond acceptors (Lipinski definition) is 2. The predicted octanol–water partition coefficient (Wildman–Crippen LogP) is 3.26. The summed E-state index contributed by atoms with van der Waals surface area (Å²) in [6.45, 7) is 1.37. The first-order chi connectivity index (χ1) is 8.83. The van der Waals surface area contributed by atoms with Crippen LogP contribution < -0.4 is 0 Å². The highest BCUT2D eigenvalue weighted by Crippen LogP contribution is 2.35. The maximum absolute atomic E-state index is 12.2. The second-order valence-corrected chi connectivity index (χ2v) is 5.40. The Bertz CT molecular complexity index is 336. The van der Waals surface area contributed by atoms with E-state index in [1.54, 1.807) is 0 Å². The van der Waals surface area contributed by atoms with Crippen molar-refractivity contribution in [3.05, 3.63) is 10.4 Å². The first kappa shape index (κ1) is 13.2. The van der Waals surface area contributed by atoms with E-state index in [1.807, 2.05) is 0 Å². The van der Waals surface area contributed by atoms with Gasteiger partial charge in [0.1, 0.15) is 0 Å². The summed E-state index contributed by atoms with van der Waals surface area (Å²) in [5.41, 5.74) is 8.20. The number of azide groups is 1. The molecule has 0 radical (unpaired) electrons. The lowest BCUT2D eigenvalue weighted by Crippen LogP contribution is -2.49. The van der Waals surface area contributed by atoms with Crippen LogP contribution in [0.15, 0.2) is 5.11 Å². The maximum atomic E-state index is 12.2. The van der Waals surface area contributed by atoms with Crippen LogP contribution in [0.25, 0.3) is 10.4 Å². The van der Waals surface area contributed by atoms with Gasteiger partial charge in [0.2, 0.25) is 5.91 Å². The summed E-state index contributed by atoms with van der Waals surface area (Å²) in [6, 6.07) is 0.500. The highest BCUT2D eigenvalue weighted by atomic mass is 16.2. The Kier molecular flexibility index (Phi) is 4.88. The Morgan fingerprint density at radius 3 is 2.89 bits per heavy atom. The molecule has 2 atom stereocenters. The number of likely N-dealkylation sites (tertiary alicyclic amines) is 1. The van der Waals surface area contributed by atoms with Crippen molar-refractivity contribution in [3.63, 3.8) is 0 Å². The third-order valence-corrected chi connectivity index (χ3v) is 4.28. The van der Waals surface area contributed by atoms with Crippen LogP contribution in [0.1, 0.15) is 51.4 Å². The van der Waals surface area contributed by atoms with Crippen LogP contribution in [0, 0.1) is 5.92 Å². The molecule has 0 bridgehead atoms. The molecular weight excluding hydrogens is 228 g/mol. The molecule has 5 heteroatoms. The number of fused-ring (bicyclic) bond motifs is 1. The lowest BCUT2D eigenvalue weighted by Gasteiger charge is -2.44. The molecule has 0 N–H and O–H groups in total. The number of amides is 1. The van der Waals surface area contributed by atoms with Crippen LogP contribution in [0.2, 0.25) is 0 Å². The van der Waals surface area contributed by atoms with Crippen LogP contribution in [0.5, 0.6) is 0 Å². The van der Waals surface area contributed by atoms with E-state index in [0.29, 0.717) is 25.4 Å². The maximum Gasteiger partial charge on any atom is 0.222 e. The molecule has 100 valence electrons. The first-order valence-electron chi connectivity index (χ1n) is 7.13. The lowest BCUT2D eigenvalue weighted by molar-refractivity contribution is -0.137. The van der Waals surface area contributed by atoms with Crippen LogP contribution in [0.4, 0.5) is 0 Å². The molecule has 1 amide bonds. The third-order valence-electron chi connectivity index (χ3n) is 4.28. The second kappa shape index (κ2) is 6.64. The fourth-order valence-electron chi connectivity index (χ4n) is 3.42. The van der Waals surface area contributed by atoms with Crippen molar-refractivity contribution in [3.8, 4) is 0 Å². The largest absolute Gasteiger partial charge is 0.339 e. The molecule has 1 heterocycles. The predicted molar refractivity (Wildman–Crippen MR) is 69.9 cm³/mol. The summed E-state index contributed by atoms with van der Waals surface area (Å²) in [4.78, 5) is 17.0. The molecule has 1 aliphatic heterocycles. The highest BCUT2D eigenvalue weighted by molar-refractivity contribution is 5.76. The number of rotatable bonds is 4. The first-order valence-corrected chi connectivity index (χ1v) is 7.13.